The van der Waals surface area contributed by atoms with Crippen molar-refractivity contribution in [3.05, 3.63) is 77.2 Å². The summed E-state index contributed by atoms with van der Waals surface area (Å²) >= 11 is 6.53. The van der Waals surface area contributed by atoms with Crippen LogP contribution in [0.15, 0.2) is 60.9 Å². The quantitative estimate of drug-likeness (QED) is 0.206. The number of carbonyl (C=O) groups is 2. The number of pyridine rings is 1. The smallest absolute Gasteiger partial charge is 0.328 e. The summed E-state index contributed by atoms with van der Waals surface area (Å²) in [7, 11) is 0. The van der Waals surface area contributed by atoms with E-state index in [2.05, 4.69) is 78.7 Å². The first kappa shape index (κ1) is 34.9. The predicted molar refractivity (Wildman–Crippen MR) is 214 cm³/mol. The summed E-state index contributed by atoms with van der Waals surface area (Å²) in [4.78, 5) is 38.6. The number of carbonyl (C=O) groups excluding carboxylic acids is 2. The Bertz CT molecular complexity index is 2080. The molecule has 3 amide bonds. The number of hydrogen-bond acceptors (Lipinski definition) is 8. The Balaban J connectivity index is 0.761. The lowest BCUT2D eigenvalue weighted by molar-refractivity contribution is -0.120. The van der Waals surface area contributed by atoms with Crippen LogP contribution in [0.25, 0.3) is 10.9 Å². The molecule has 2 aromatic heterocycles. The highest BCUT2D eigenvalue weighted by molar-refractivity contribution is 6.32. The molecule has 5 aliphatic rings. The van der Waals surface area contributed by atoms with Crippen molar-refractivity contribution in [3.63, 3.8) is 0 Å². The first-order valence-corrected chi connectivity index (χ1v) is 20.2. The number of likely N-dealkylation sites (tertiary alicyclic amines) is 1. The lowest BCUT2D eigenvalue weighted by atomic mass is 9.92. The zero-order chi connectivity index (χ0) is 36.8. The molecule has 0 radical (unpaired) electrons. The summed E-state index contributed by atoms with van der Waals surface area (Å²) in [6, 6.07) is 19.4. The maximum absolute atomic E-state index is 12.6. The second-order valence-electron chi connectivity index (χ2n) is 15.8. The monoisotopic (exact) mass is 745 g/mol. The van der Waals surface area contributed by atoms with Gasteiger partial charge in [0.05, 0.1) is 46.5 Å². The van der Waals surface area contributed by atoms with E-state index in [0.717, 1.165) is 104 Å². The van der Waals surface area contributed by atoms with Crippen LogP contribution in [0.4, 0.5) is 27.5 Å². The summed E-state index contributed by atoms with van der Waals surface area (Å²) in [5.74, 6) is 0.667. The molecule has 2 aromatic carbocycles. The minimum absolute atomic E-state index is 0.202. The van der Waals surface area contributed by atoms with E-state index in [0.29, 0.717) is 42.4 Å². The highest BCUT2D eigenvalue weighted by atomic mass is 35.5. The van der Waals surface area contributed by atoms with Crippen LogP contribution in [-0.2, 0) is 4.79 Å². The number of urea groups is 1. The highest BCUT2D eigenvalue weighted by Crippen LogP contribution is 2.44. The largest absolute Gasteiger partial charge is 0.381 e. The normalized spacial score (nSPS) is 23.0. The van der Waals surface area contributed by atoms with Gasteiger partial charge in [-0.15, -0.1) is 0 Å². The molecule has 2 atom stereocenters. The molecule has 4 fully saturated rings. The van der Waals surface area contributed by atoms with Crippen molar-refractivity contribution < 1.29 is 9.59 Å². The second kappa shape index (κ2) is 14.8. The Hall–Kier alpha value is -4.79. The number of hydrogen-bond donors (Lipinski definition) is 2. The molecule has 54 heavy (non-hydrogen) atoms. The fourth-order valence-corrected chi connectivity index (χ4v) is 9.98. The van der Waals surface area contributed by atoms with Gasteiger partial charge in [0.25, 0.3) is 0 Å². The summed E-state index contributed by atoms with van der Waals surface area (Å²) in [6.45, 7) is 8.43. The van der Waals surface area contributed by atoms with Crippen molar-refractivity contribution in [3.8, 4) is 6.07 Å². The molecule has 0 saturated carbocycles. The molecule has 4 aromatic rings. The molecule has 2 N–H and O–H groups in total. The van der Waals surface area contributed by atoms with Crippen molar-refractivity contribution in [2.24, 2.45) is 5.92 Å². The van der Waals surface area contributed by atoms with E-state index in [9.17, 15) is 14.9 Å². The lowest BCUT2D eigenvalue weighted by Gasteiger charge is -2.39. The van der Waals surface area contributed by atoms with Gasteiger partial charge in [0.2, 0.25) is 5.91 Å². The van der Waals surface area contributed by atoms with Crippen LogP contribution in [0, 0.1) is 17.2 Å². The van der Waals surface area contributed by atoms with Gasteiger partial charge in [0, 0.05) is 105 Å². The number of nitrogens with one attached hydrogen (secondary N) is 2. The van der Waals surface area contributed by atoms with Crippen molar-refractivity contribution in [2.75, 3.05) is 78.9 Å². The number of anilines is 4. The maximum atomic E-state index is 12.6. The van der Waals surface area contributed by atoms with Gasteiger partial charge >= 0.3 is 6.03 Å². The zero-order valence-corrected chi connectivity index (χ0v) is 31.5. The van der Waals surface area contributed by atoms with Gasteiger partial charge in [-0.2, -0.15) is 5.26 Å². The minimum atomic E-state index is -0.337. The number of halogens is 1. The SMILES string of the molecule is N#CC1CNc2c(N3CCC[C@@H](c4ccc(N5CCC(CN6CCC(n7ccc8c(N9CCC(=O)NC9=O)cccc87)CC6)CC5)cn4)C3)ccc(Cl)c21. The standard InChI is InChI=1S/C42H48ClN9O2/c43-34-7-9-38(41-40(34)30(23-44)24-46-41)50-16-2-3-29(27-50)35-8-6-32(25-45-35)49-19-10-28(11-20-49)26-48-17-12-31(13-18-48)51-21-14-33-36(51)4-1-5-37(33)52-22-15-39(53)47-42(52)54/h1,4-9,14,21,25,28-31,46H,2-3,10-13,15-20,22,24,26-27H2,(H,47,53,54)/t29-,30?/m1/s1. The highest BCUT2D eigenvalue weighted by Gasteiger charge is 2.32. The Labute approximate surface area is 321 Å². The topological polar surface area (TPSA) is 113 Å². The molecule has 11 nitrogen and oxygen atoms in total. The van der Waals surface area contributed by atoms with Gasteiger partial charge in [-0.25, -0.2) is 4.79 Å². The summed E-state index contributed by atoms with van der Waals surface area (Å²) in [5, 5.41) is 17.3. The number of nitriles is 1. The number of amides is 3. The van der Waals surface area contributed by atoms with E-state index in [4.69, 9.17) is 16.6 Å². The molecule has 1 unspecified atom stereocenters. The maximum Gasteiger partial charge on any atom is 0.328 e. The second-order valence-corrected chi connectivity index (χ2v) is 16.2. The first-order valence-electron chi connectivity index (χ1n) is 19.8. The molecule has 280 valence electrons. The lowest BCUT2D eigenvalue weighted by Crippen LogP contribution is -2.49. The number of benzene rings is 2. The van der Waals surface area contributed by atoms with Gasteiger partial charge in [-0.3, -0.25) is 20.0 Å². The van der Waals surface area contributed by atoms with Crippen molar-refractivity contribution >= 4 is 57.2 Å². The third-order valence-corrected chi connectivity index (χ3v) is 13.0. The fraction of sp³-hybridized carbons (Fsp3) is 0.476. The number of piperidine rings is 3. The molecule has 0 aliphatic carbocycles. The van der Waals surface area contributed by atoms with Crippen LogP contribution in [0.5, 0.6) is 0 Å². The Morgan fingerprint density at radius 3 is 2.52 bits per heavy atom. The summed E-state index contributed by atoms with van der Waals surface area (Å²) in [6.07, 6.45) is 11.5. The van der Waals surface area contributed by atoms with Gasteiger partial charge in [0.15, 0.2) is 0 Å². The van der Waals surface area contributed by atoms with Crippen molar-refractivity contribution in [1.29, 1.82) is 5.26 Å². The Morgan fingerprint density at radius 1 is 0.889 bits per heavy atom. The van der Waals surface area contributed by atoms with E-state index in [1.165, 1.54) is 25.1 Å². The first-order chi connectivity index (χ1) is 26.4. The van der Waals surface area contributed by atoms with E-state index in [1.54, 1.807) is 4.90 Å². The summed E-state index contributed by atoms with van der Waals surface area (Å²) in [5.41, 5.74) is 7.53. The minimum Gasteiger partial charge on any atom is -0.381 e. The number of rotatable bonds is 7. The molecular weight excluding hydrogens is 698 g/mol. The number of aromatic nitrogens is 2. The number of fused-ring (bicyclic) bond motifs is 2. The molecule has 0 bridgehead atoms. The van der Waals surface area contributed by atoms with E-state index in [1.807, 2.05) is 18.2 Å². The van der Waals surface area contributed by atoms with Gasteiger partial charge < -0.3 is 24.6 Å². The van der Waals surface area contributed by atoms with Crippen LogP contribution < -0.4 is 25.3 Å². The van der Waals surface area contributed by atoms with Gasteiger partial charge in [-0.05, 0) is 86.9 Å². The van der Waals surface area contributed by atoms with E-state index < -0.39 is 0 Å². The predicted octanol–water partition coefficient (Wildman–Crippen LogP) is 7.11. The number of nitrogens with zero attached hydrogens (tertiary/aromatic N) is 7. The van der Waals surface area contributed by atoms with E-state index in [-0.39, 0.29) is 17.9 Å². The molecule has 12 heteroatoms. The van der Waals surface area contributed by atoms with Crippen LogP contribution in [0.1, 0.15) is 74.1 Å². The summed E-state index contributed by atoms with van der Waals surface area (Å²) < 4.78 is 2.40. The Kier molecular flexibility index (Phi) is 9.58. The molecule has 9 rings (SSSR count). The molecular formula is C42H48ClN9O2. The third-order valence-electron chi connectivity index (χ3n) is 12.6. The molecule has 0 spiro atoms. The zero-order valence-electron chi connectivity index (χ0n) is 30.7. The van der Waals surface area contributed by atoms with Crippen molar-refractivity contribution in [1.82, 2.24) is 19.8 Å². The average molecular weight is 746 g/mol. The van der Waals surface area contributed by atoms with Crippen LogP contribution in [-0.4, -0.2) is 85.3 Å². The molecule has 5 aliphatic heterocycles. The van der Waals surface area contributed by atoms with Crippen LogP contribution >= 0.6 is 11.6 Å². The van der Waals surface area contributed by atoms with Crippen LogP contribution in [0.2, 0.25) is 5.02 Å². The molecule has 7 heterocycles. The number of imide groups is 1. The molecule has 4 saturated heterocycles. The van der Waals surface area contributed by atoms with Gasteiger partial charge in [-0.1, -0.05) is 17.7 Å². The van der Waals surface area contributed by atoms with Gasteiger partial charge in [0.1, 0.15) is 0 Å². The van der Waals surface area contributed by atoms with Crippen molar-refractivity contribution in [2.45, 2.75) is 62.8 Å². The fourth-order valence-electron chi connectivity index (χ4n) is 9.69. The third kappa shape index (κ3) is 6.64. The Morgan fingerprint density at radius 2 is 1.74 bits per heavy atom. The van der Waals surface area contributed by atoms with E-state index >= 15 is 0 Å². The van der Waals surface area contributed by atoms with Crippen LogP contribution in [0.3, 0.4) is 0 Å². The average Bonchev–Trinajstić information content (AvgIpc) is 3.85.